The normalized spacial score (nSPS) is 11.6. The molecule has 2 rings (SSSR count). The summed E-state index contributed by atoms with van der Waals surface area (Å²) in [5.41, 5.74) is 3.43. The van der Waals surface area contributed by atoms with Crippen molar-refractivity contribution in [2.24, 2.45) is 0 Å². The molecule has 0 spiro atoms. The fraction of sp³-hybridized carbons (Fsp3) is 0.0833. The van der Waals surface area contributed by atoms with Gasteiger partial charge in [-0.2, -0.15) is 13.2 Å². The molecule has 19 heavy (non-hydrogen) atoms. The Labute approximate surface area is 110 Å². The standard InChI is InChI=1S/C12H7ClF3NO2/c13-9-5-4-8(19-9)11(18)6-2-1-3-7(10(6)17)12(14,15)16/h1-5H,17H2. The number of carbonyl (C=O) groups is 1. The van der Waals surface area contributed by atoms with Gasteiger partial charge in [0.1, 0.15) is 0 Å². The van der Waals surface area contributed by atoms with Crippen molar-refractivity contribution >= 4 is 23.1 Å². The number of alkyl halides is 3. The third kappa shape index (κ3) is 2.58. The summed E-state index contributed by atoms with van der Waals surface area (Å²) in [6.45, 7) is 0. The highest BCUT2D eigenvalue weighted by Gasteiger charge is 2.34. The Morgan fingerprint density at radius 2 is 1.89 bits per heavy atom. The molecule has 1 aromatic carbocycles. The maximum absolute atomic E-state index is 12.7. The molecule has 0 bridgehead atoms. The van der Waals surface area contributed by atoms with Gasteiger partial charge in [0.05, 0.1) is 11.3 Å². The zero-order valence-electron chi connectivity index (χ0n) is 9.29. The van der Waals surface area contributed by atoms with Crippen LogP contribution in [0.5, 0.6) is 0 Å². The number of rotatable bonds is 2. The number of furan rings is 1. The minimum absolute atomic E-state index is 0.0334. The number of hydrogen-bond donors (Lipinski definition) is 1. The molecule has 0 atom stereocenters. The van der Waals surface area contributed by atoms with Crippen molar-refractivity contribution in [3.8, 4) is 0 Å². The van der Waals surface area contributed by atoms with Crippen LogP contribution in [0.2, 0.25) is 5.22 Å². The molecule has 2 aromatic rings. The van der Waals surface area contributed by atoms with E-state index in [1.165, 1.54) is 18.2 Å². The van der Waals surface area contributed by atoms with E-state index in [9.17, 15) is 18.0 Å². The Kier molecular flexibility index (Phi) is 3.28. The SMILES string of the molecule is Nc1c(C(=O)c2ccc(Cl)o2)cccc1C(F)(F)F. The molecular formula is C12H7ClF3NO2. The topological polar surface area (TPSA) is 56.2 Å². The van der Waals surface area contributed by atoms with E-state index >= 15 is 0 Å². The smallest absolute Gasteiger partial charge is 0.418 e. The molecule has 1 heterocycles. The first-order valence-electron chi connectivity index (χ1n) is 5.06. The van der Waals surface area contributed by atoms with Gasteiger partial charge in [-0.1, -0.05) is 6.07 Å². The van der Waals surface area contributed by atoms with Gasteiger partial charge < -0.3 is 10.2 Å². The molecule has 1 aromatic heterocycles. The van der Waals surface area contributed by atoms with Gasteiger partial charge in [-0.05, 0) is 35.9 Å². The maximum Gasteiger partial charge on any atom is 0.418 e. The molecule has 0 aliphatic heterocycles. The summed E-state index contributed by atoms with van der Waals surface area (Å²) in [4.78, 5) is 12.0. The van der Waals surface area contributed by atoms with Crippen molar-refractivity contribution in [3.05, 3.63) is 52.4 Å². The molecule has 2 N–H and O–H groups in total. The van der Waals surface area contributed by atoms with Gasteiger partial charge in [0.15, 0.2) is 11.0 Å². The van der Waals surface area contributed by atoms with Crippen molar-refractivity contribution < 1.29 is 22.4 Å². The minimum Gasteiger partial charge on any atom is -0.441 e. The lowest BCUT2D eigenvalue weighted by molar-refractivity contribution is -0.136. The van der Waals surface area contributed by atoms with E-state index in [0.29, 0.717) is 0 Å². The number of halogens is 4. The highest BCUT2D eigenvalue weighted by molar-refractivity contribution is 6.29. The van der Waals surface area contributed by atoms with Crippen LogP contribution >= 0.6 is 11.6 Å². The number of anilines is 1. The predicted octanol–water partition coefficient (Wildman–Crippen LogP) is 3.77. The Balaban J connectivity index is 2.49. The van der Waals surface area contributed by atoms with E-state index in [1.54, 1.807) is 0 Å². The molecule has 0 radical (unpaired) electrons. The van der Waals surface area contributed by atoms with Crippen LogP contribution in [0.3, 0.4) is 0 Å². The summed E-state index contributed by atoms with van der Waals surface area (Å²) >= 11 is 5.51. The van der Waals surface area contributed by atoms with Gasteiger partial charge in [-0.25, -0.2) is 0 Å². The molecule has 0 saturated carbocycles. The van der Waals surface area contributed by atoms with Crippen LogP contribution in [-0.4, -0.2) is 5.78 Å². The fourth-order valence-corrected chi connectivity index (χ4v) is 1.73. The first-order valence-corrected chi connectivity index (χ1v) is 5.44. The van der Waals surface area contributed by atoms with Crippen LogP contribution in [0.25, 0.3) is 0 Å². The van der Waals surface area contributed by atoms with Crippen LogP contribution < -0.4 is 5.73 Å². The number of ketones is 1. The Morgan fingerprint density at radius 1 is 1.21 bits per heavy atom. The molecule has 0 saturated heterocycles. The molecule has 0 unspecified atom stereocenters. The largest absolute Gasteiger partial charge is 0.441 e. The second-order valence-electron chi connectivity index (χ2n) is 3.70. The monoisotopic (exact) mass is 289 g/mol. The van der Waals surface area contributed by atoms with Crippen LogP contribution in [0.15, 0.2) is 34.7 Å². The summed E-state index contributed by atoms with van der Waals surface area (Å²) in [5.74, 6) is -0.925. The molecule has 0 aliphatic carbocycles. The number of hydrogen-bond acceptors (Lipinski definition) is 3. The van der Waals surface area contributed by atoms with E-state index in [2.05, 4.69) is 0 Å². The van der Waals surface area contributed by atoms with Crippen molar-refractivity contribution in [1.82, 2.24) is 0 Å². The number of benzene rings is 1. The first kappa shape index (κ1) is 13.5. The van der Waals surface area contributed by atoms with Crippen LogP contribution in [0.1, 0.15) is 21.7 Å². The van der Waals surface area contributed by atoms with Crippen LogP contribution in [0, 0.1) is 0 Å². The average Bonchev–Trinajstić information content (AvgIpc) is 2.74. The summed E-state index contributed by atoms with van der Waals surface area (Å²) < 4.78 is 42.8. The molecule has 0 aliphatic rings. The number of para-hydroxylation sites is 1. The van der Waals surface area contributed by atoms with Gasteiger partial charge in [-0.3, -0.25) is 4.79 Å². The molecule has 7 heteroatoms. The van der Waals surface area contributed by atoms with E-state index in [0.717, 1.165) is 12.1 Å². The van der Waals surface area contributed by atoms with Crippen molar-refractivity contribution in [2.45, 2.75) is 6.18 Å². The van der Waals surface area contributed by atoms with Crippen molar-refractivity contribution in [3.63, 3.8) is 0 Å². The van der Waals surface area contributed by atoms with Gasteiger partial charge in [0.25, 0.3) is 0 Å². The lowest BCUT2D eigenvalue weighted by atomic mass is 10.0. The lowest BCUT2D eigenvalue weighted by Crippen LogP contribution is -2.13. The molecule has 100 valence electrons. The number of nitrogen functional groups attached to an aromatic ring is 1. The van der Waals surface area contributed by atoms with E-state index in [-0.39, 0.29) is 16.5 Å². The maximum atomic E-state index is 12.7. The van der Waals surface area contributed by atoms with Crippen molar-refractivity contribution in [1.29, 1.82) is 0 Å². The second-order valence-corrected chi connectivity index (χ2v) is 4.07. The highest BCUT2D eigenvalue weighted by atomic mass is 35.5. The molecule has 3 nitrogen and oxygen atoms in total. The zero-order valence-corrected chi connectivity index (χ0v) is 10.0. The summed E-state index contributed by atoms with van der Waals surface area (Å²) in [6.07, 6.45) is -4.62. The van der Waals surface area contributed by atoms with Crippen molar-refractivity contribution in [2.75, 3.05) is 5.73 Å². The predicted molar refractivity (Wildman–Crippen MR) is 63.0 cm³/mol. The lowest BCUT2D eigenvalue weighted by Gasteiger charge is -2.12. The summed E-state index contributed by atoms with van der Waals surface area (Å²) in [7, 11) is 0. The number of carbonyl (C=O) groups excluding carboxylic acids is 1. The quantitative estimate of drug-likeness (QED) is 0.676. The Hall–Kier alpha value is -1.95. The Morgan fingerprint density at radius 3 is 2.42 bits per heavy atom. The van der Waals surface area contributed by atoms with E-state index < -0.39 is 23.2 Å². The first-order chi connectivity index (χ1) is 8.80. The summed E-state index contributed by atoms with van der Waals surface area (Å²) in [6, 6.07) is 5.70. The third-order valence-electron chi connectivity index (χ3n) is 2.45. The summed E-state index contributed by atoms with van der Waals surface area (Å²) in [5, 5.41) is -0.0334. The third-order valence-corrected chi connectivity index (χ3v) is 2.66. The number of nitrogens with two attached hydrogens (primary N) is 1. The Bertz CT molecular complexity index is 634. The minimum atomic E-state index is -4.62. The van der Waals surface area contributed by atoms with Gasteiger partial charge in [-0.15, -0.1) is 0 Å². The zero-order chi connectivity index (χ0) is 14.2. The van der Waals surface area contributed by atoms with Crippen LogP contribution in [0.4, 0.5) is 18.9 Å². The van der Waals surface area contributed by atoms with Gasteiger partial charge in [0.2, 0.25) is 5.78 Å². The molecule has 0 amide bonds. The van der Waals surface area contributed by atoms with Gasteiger partial charge >= 0.3 is 6.18 Å². The van der Waals surface area contributed by atoms with E-state index in [1.807, 2.05) is 0 Å². The fourth-order valence-electron chi connectivity index (χ4n) is 1.58. The molecular weight excluding hydrogens is 283 g/mol. The highest BCUT2D eigenvalue weighted by Crippen LogP contribution is 2.35. The van der Waals surface area contributed by atoms with Gasteiger partial charge in [0, 0.05) is 5.56 Å². The molecule has 0 fully saturated rings. The second kappa shape index (κ2) is 4.62. The average molecular weight is 290 g/mol. The van der Waals surface area contributed by atoms with E-state index in [4.69, 9.17) is 21.8 Å². The van der Waals surface area contributed by atoms with Crippen LogP contribution in [-0.2, 0) is 6.18 Å².